The number of nitrogen functional groups attached to an aromatic ring is 1. The number of carbonyl (C=O) groups excluding carboxylic acids is 1. The summed E-state index contributed by atoms with van der Waals surface area (Å²) in [6, 6.07) is -0.660. The van der Waals surface area contributed by atoms with Crippen LogP contribution in [-0.2, 0) is 9.53 Å². The number of nitrogens with one attached hydrogen (secondary N) is 1. The quantitative estimate of drug-likeness (QED) is 0.414. The lowest BCUT2D eigenvalue weighted by molar-refractivity contribution is -0.125. The Morgan fingerprint density at radius 3 is 2.85 bits per heavy atom. The van der Waals surface area contributed by atoms with E-state index in [0.717, 1.165) is 0 Å². The number of aliphatic hydroxyl groups excluding tert-OH is 2. The van der Waals surface area contributed by atoms with E-state index in [1.165, 1.54) is 17.2 Å². The molecule has 1 amide bonds. The topological polar surface area (TPSA) is 174 Å². The first-order valence-electron chi connectivity index (χ1n) is 8.46. The van der Waals surface area contributed by atoms with Crippen LogP contribution in [0.3, 0.4) is 0 Å². The number of anilines is 1. The Balaban J connectivity index is 1.52. The number of fused-ring (bicyclic) bond motifs is 1. The van der Waals surface area contributed by atoms with Crippen LogP contribution in [0.15, 0.2) is 12.7 Å². The van der Waals surface area contributed by atoms with Crippen molar-refractivity contribution in [3.05, 3.63) is 12.7 Å². The minimum Gasteiger partial charge on any atom is -0.388 e. The lowest BCUT2D eigenvalue weighted by Crippen LogP contribution is -2.52. The van der Waals surface area contributed by atoms with Gasteiger partial charge in [0.15, 0.2) is 17.7 Å². The van der Waals surface area contributed by atoms with Crippen molar-refractivity contribution in [1.29, 1.82) is 0 Å². The first kappa shape index (κ1) is 17.1. The van der Waals surface area contributed by atoms with Crippen molar-refractivity contribution in [2.24, 2.45) is 5.73 Å². The lowest BCUT2D eigenvalue weighted by atomic mass is 9.94. The van der Waals surface area contributed by atoms with Gasteiger partial charge in [-0.25, -0.2) is 15.0 Å². The van der Waals surface area contributed by atoms with E-state index in [9.17, 15) is 15.0 Å². The second kappa shape index (κ2) is 6.43. The van der Waals surface area contributed by atoms with E-state index in [4.69, 9.17) is 16.2 Å². The van der Waals surface area contributed by atoms with Gasteiger partial charge in [-0.1, -0.05) is 0 Å². The number of carbonyl (C=O) groups is 1. The SMILES string of the molecule is Nc1ncnc2c1ncn2[C@@H]1O[C@H](C[C@@H]2CC[C@H](N)C(=O)N2)[C@H](O)[C@@H]1O. The highest BCUT2D eigenvalue weighted by molar-refractivity contribution is 5.82. The number of aliphatic hydroxyl groups is 2. The van der Waals surface area contributed by atoms with Crippen molar-refractivity contribution in [2.75, 3.05) is 5.73 Å². The van der Waals surface area contributed by atoms with Gasteiger partial charge in [-0.05, 0) is 19.3 Å². The second-order valence-corrected chi connectivity index (χ2v) is 6.75. The van der Waals surface area contributed by atoms with Gasteiger partial charge in [0, 0.05) is 6.04 Å². The fourth-order valence-electron chi connectivity index (χ4n) is 3.56. The Kier molecular flexibility index (Phi) is 4.23. The molecule has 0 aromatic carbocycles. The van der Waals surface area contributed by atoms with Gasteiger partial charge in [0.2, 0.25) is 5.91 Å². The van der Waals surface area contributed by atoms with Crippen LogP contribution in [0, 0.1) is 0 Å². The van der Waals surface area contributed by atoms with E-state index in [0.29, 0.717) is 30.4 Å². The van der Waals surface area contributed by atoms with Crippen LogP contribution in [-0.4, -0.2) is 66.0 Å². The second-order valence-electron chi connectivity index (χ2n) is 6.75. The molecule has 4 rings (SSSR count). The zero-order valence-corrected chi connectivity index (χ0v) is 13.9. The molecular formula is C15H21N7O4. The maximum atomic E-state index is 11.7. The smallest absolute Gasteiger partial charge is 0.237 e. The summed E-state index contributed by atoms with van der Waals surface area (Å²) >= 11 is 0. The highest BCUT2D eigenvalue weighted by Crippen LogP contribution is 2.34. The molecular weight excluding hydrogens is 342 g/mol. The number of amides is 1. The average Bonchev–Trinajstić information content (AvgIpc) is 3.16. The largest absolute Gasteiger partial charge is 0.388 e. The van der Waals surface area contributed by atoms with E-state index in [1.54, 1.807) is 0 Å². The molecule has 2 aliphatic heterocycles. The number of piperidine rings is 1. The predicted octanol–water partition coefficient (Wildman–Crippen LogP) is -1.98. The van der Waals surface area contributed by atoms with E-state index in [-0.39, 0.29) is 17.8 Å². The maximum absolute atomic E-state index is 11.7. The van der Waals surface area contributed by atoms with Gasteiger partial charge in [0.25, 0.3) is 0 Å². The number of hydrogen-bond donors (Lipinski definition) is 5. The lowest BCUT2D eigenvalue weighted by Gasteiger charge is -2.29. The number of nitrogens with zero attached hydrogens (tertiary/aromatic N) is 4. The number of hydrogen-bond acceptors (Lipinski definition) is 9. The fraction of sp³-hybridized carbons (Fsp3) is 0.600. The van der Waals surface area contributed by atoms with E-state index >= 15 is 0 Å². The van der Waals surface area contributed by atoms with Crippen molar-refractivity contribution < 1.29 is 19.7 Å². The van der Waals surface area contributed by atoms with Gasteiger partial charge in [-0.2, -0.15) is 0 Å². The van der Waals surface area contributed by atoms with Gasteiger partial charge >= 0.3 is 0 Å². The van der Waals surface area contributed by atoms with E-state index in [2.05, 4.69) is 20.3 Å². The van der Waals surface area contributed by atoms with Crippen molar-refractivity contribution in [3.8, 4) is 0 Å². The van der Waals surface area contributed by atoms with E-state index < -0.39 is 30.6 Å². The average molecular weight is 363 g/mol. The Bertz CT molecular complexity index is 827. The van der Waals surface area contributed by atoms with Crippen LogP contribution in [0.1, 0.15) is 25.5 Å². The summed E-state index contributed by atoms with van der Waals surface area (Å²) in [5.74, 6) is 0.0122. The maximum Gasteiger partial charge on any atom is 0.237 e. The molecule has 2 aliphatic rings. The third kappa shape index (κ3) is 2.78. The molecule has 0 spiro atoms. The molecule has 7 N–H and O–H groups in total. The first-order chi connectivity index (χ1) is 12.5. The van der Waals surface area contributed by atoms with Crippen molar-refractivity contribution in [1.82, 2.24) is 24.8 Å². The Hall–Kier alpha value is -2.34. The van der Waals surface area contributed by atoms with Gasteiger partial charge in [0.05, 0.1) is 18.5 Å². The molecule has 26 heavy (non-hydrogen) atoms. The molecule has 2 fully saturated rings. The van der Waals surface area contributed by atoms with Crippen LogP contribution in [0.2, 0.25) is 0 Å². The number of ether oxygens (including phenoxy) is 1. The fourth-order valence-corrected chi connectivity index (χ4v) is 3.56. The Morgan fingerprint density at radius 2 is 2.08 bits per heavy atom. The van der Waals surface area contributed by atoms with Crippen molar-refractivity contribution >= 4 is 22.9 Å². The normalized spacial score (nSPS) is 35.0. The molecule has 0 bridgehead atoms. The van der Waals surface area contributed by atoms with Crippen LogP contribution in [0.5, 0.6) is 0 Å². The van der Waals surface area contributed by atoms with Crippen molar-refractivity contribution in [2.45, 2.75) is 55.9 Å². The van der Waals surface area contributed by atoms with Crippen molar-refractivity contribution in [3.63, 3.8) is 0 Å². The number of imidazole rings is 1. The highest BCUT2D eigenvalue weighted by atomic mass is 16.6. The molecule has 11 heteroatoms. The van der Waals surface area contributed by atoms with Crippen LogP contribution in [0.25, 0.3) is 11.2 Å². The van der Waals surface area contributed by atoms with Gasteiger partial charge in [-0.3, -0.25) is 9.36 Å². The van der Waals surface area contributed by atoms with Gasteiger partial charge < -0.3 is 31.7 Å². The first-order valence-corrected chi connectivity index (χ1v) is 8.46. The molecule has 2 saturated heterocycles. The molecule has 4 heterocycles. The summed E-state index contributed by atoms with van der Waals surface area (Å²) in [5.41, 5.74) is 12.3. The van der Waals surface area contributed by atoms with Crippen LogP contribution < -0.4 is 16.8 Å². The number of nitrogens with two attached hydrogens (primary N) is 2. The standard InChI is InChI=1S/C15H21N7O4/c16-7-2-1-6(21-14(7)25)3-8-10(23)11(24)15(26-8)22-5-20-9-12(17)18-4-19-13(9)22/h4-8,10-11,15,23-24H,1-3,16H2,(H,21,25)(H2,17,18,19)/t6-,7-,8+,10-,11-,15+/m0/s1. The molecule has 0 unspecified atom stereocenters. The summed E-state index contributed by atoms with van der Waals surface area (Å²) in [5, 5.41) is 23.7. The molecule has 11 nitrogen and oxygen atoms in total. The molecule has 2 aromatic rings. The van der Waals surface area contributed by atoms with Crippen LogP contribution >= 0.6 is 0 Å². The molecule has 0 aliphatic carbocycles. The van der Waals surface area contributed by atoms with Gasteiger partial charge in [-0.15, -0.1) is 0 Å². The number of aromatic nitrogens is 4. The molecule has 0 saturated carbocycles. The summed E-state index contributed by atoms with van der Waals surface area (Å²) in [6.45, 7) is 0. The zero-order valence-electron chi connectivity index (χ0n) is 13.9. The molecule has 140 valence electrons. The van der Waals surface area contributed by atoms with Crippen LogP contribution in [0.4, 0.5) is 5.82 Å². The zero-order chi connectivity index (χ0) is 18.4. The van der Waals surface area contributed by atoms with Gasteiger partial charge in [0.1, 0.15) is 24.1 Å². The van der Waals surface area contributed by atoms with E-state index in [1.807, 2.05) is 0 Å². The minimum atomic E-state index is -1.17. The number of rotatable bonds is 3. The Labute approximate surface area is 148 Å². The monoisotopic (exact) mass is 363 g/mol. The highest BCUT2D eigenvalue weighted by Gasteiger charge is 2.45. The summed E-state index contributed by atoms with van der Waals surface area (Å²) in [4.78, 5) is 23.9. The minimum absolute atomic E-state index is 0.162. The summed E-state index contributed by atoms with van der Waals surface area (Å²) < 4.78 is 7.41. The molecule has 6 atom stereocenters. The third-order valence-electron chi connectivity index (χ3n) is 5.02. The third-order valence-corrected chi connectivity index (χ3v) is 5.02. The predicted molar refractivity (Wildman–Crippen MR) is 89.4 cm³/mol. The Morgan fingerprint density at radius 1 is 1.27 bits per heavy atom. The molecule has 0 radical (unpaired) electrons. The summed E-state index contributed by atoms with van der Waals surface area (Å²) in [7, 11) is 0. The summed E-state index contributed by atoms with van der Waals surface area (Å²) in [6.07, 6.45) is 0.593. The molecule has 2 aromatic heterocycles.